The summed E-state index contributed by atoms with van der Waals surface area (Å²) in [6, 6.07) is 5.85. The second-order valence-corrected chi connectivity index (χ2v) is 6.52. The summed E-state index contributed by atoms with van der Waals surface area (Å²) in [5, 5.41) is 3.55. The summed E-state index contributed by atoms with van der Waals surface area (Å²) in [5.41, 5.74) is 1.45. The molecule has 1 nitrogen and oxygen atoms in total. The van der Waals surface area contributed by atoms with Crippen LogP contribution in [0.3, 0.4) is 0 Å². The van der Waals surface area contributed by atoms with Gasteiger partial charge in [-0.15, -0.1) is 0 Å². The van der Waals surface area contributed by atoms with Crippen molar-refractivity contribution in [1.82, 2.24) is 5.32 Å². The lowest BCUT2D eigenvalue weighted by Crippen LogP contribution is -2.38. The molecule has 0 saturated carbocycles. The molecule has 0 aromatic heterocycles. The van der Waals surface area contributed by atoms with E-state index in [0.29, 0.717) is 10.5 Å². The molecule has 1 aromatic rings. The molecule has 1 rings (SSSR count). The molecule has 0 aliphatic heterocycles. The predicted octanol–water partition coefficient (Wildman–Crippen LogP) is 4.94. The van der Waals surface area contributed by atoms with Gasteiger partial charge in [0.05, 0.1) is 4.47 Å². The summed E-state index contributed by atoms with van der Waals surface area (Å²) in [4.78, 5) is 0. The van der Waals surface area contributed by atoms with Crippen LogP contribution in [0.5, 0.6) is 0 Å². The Morgan fingerprint density at radius 1 is 1.26 bits per heavy atom. The van der Waals surface area contributed by atoms with E-state index in [9.17, 15) is 4.39 Å². The van der Waals surface area contributed by atoms with Crippen molar-refractivity contribution in [2.75, 3.05) is 6.54 Å². The van der Waals surface area contributed by atoms with Gasteiger partial charge in [-0.25, -0.2) is 4.39 Å². The molecule has 0 spiro atoms. The maximum atomic E-state index is 13.3. The SMILES string of the molecule is CCC(CC)(CNC(C)C)Cc1ccc(F)c(Br)c1. The van der Waals surface area contributed by atoms with Crippen LogP contribution in [0.1, 0.15) is 46.1 Å². The Hall–Kier alpha value is -0.410. The number of nitrogens with one attached hydrogen (secondary N) is 1. The van der Waals surface area contributed by atoms with Crippen molar-refractivity contribution >= 4 is 15.9 Å². The maximum Gasteiger partial charge on any atom is 0.137 e. The molecule has 1 aromatic carbocycles. The molecule has 0 bridgehead atoms. The molecule has 0 heterocycles. The summed E-state index contributed by atoms with van der Waals surface area (Å²) < 4.78 is 13.8. The Balaban J connectivity index is 2.84. The first-order valence-electron chi connectivity index (χ1n) is 7.09. The van der Waals surface area contributed by atoms with E-state index < -0.39 is 0 Å². The highest BCUT2D eigenvalue weighted by Gasteiger charge is 2.26. The summed E-state index contributed by atoms with van der Waals surface area (Å²) in [5.74, 6) is -0.192. The average molecular weight is 330 g/mol. The van der Waals surface area contributed by atoms with E-state index in [1.54, 1.807) is 6.07 Å². The van der Waals surface area contributed by atoms with Gasteiger partial charge in [-0.1, -0.05) is 33.8 Å². The molecule has 0 radical (unpaired) electrons. The van der Waals surface area contributed by atoms with Gasteiger partial charge >= 0.3 is 0 Å². The fourth-order valence-electron chi connectivity index (χ4n) is 2.32. The second-order valence-electron chi connectivity index (χ2n) is 5.67. The van der Waals surface area contributed by atoms with Gasteiger partial charge in [-0.3, -0.25) is 0 Å². The van der Waals surface area contributed by atoms with Crippen LogP contribution >= 0.6 is 15.9 Å². The monoisotopic (exact) mass is 329 g/mol. The number of rotatable bonds is 7. The van der Waals surface area contributed by atoms with E-state index in [4.69, 9.17) is 0 Å². The zero-order chi connectivity index (χ0) is 14.5. The summed E-state index contributed by atoms with van der Waals surface area (Å²) >= 11 is 3.27. The first kappa shape index (κ1) is 16.6. The third-order valence-electron chi connectivity index (χ3n) is 3.95. The summed E-state index contributed by atoms with van der Waals surface area (Å²) in [6.07, 6.45) is 3.23. The topological polar surface area (TPSA) is 12.0 Å². The molecule has 1 N–H and O–H groups in total. The highest BCUT2D eigenvalue weighted by atomic mass is 79.9. The third kappa shape index (κ3) is 4.88. The Morgan fingerprint density at radius 2 is 1.89 bits per heavy atom. The van der Waals surface area contributed by atoms with Gasteiger partial charge in [0.25, 0.3) is 0 Å². The molecule has 0 unspecified atom stereocenters. The standard InChI is InChI=1S/C16H25BrFN/c1-5-16(6-2,11-19-12(3)4)10-13-7-8-15(18)14(17)9-13/h7-9,12,19H,5-6,10-11H2,1-4H3. The quantitative estimate of drug-likeness (QED) is 0.747. The zero-order valence-corrected chi connectivity index (χ0v) is 14.0. The van der Waals surface area contributed by atoms with Gasteiger partial charge in [-0.05, 0) is 58.3 Å². The van der Waals surface area contributed by atoms with Crippen molar-refractivity contribution in [2.24, 2.45) is 5.41 Å². The molecule has 19 heavy (non-hydrogen) atoms. The molecule has 0 atom stereocenters. The normalized spacial score (nSPS) is 12.2. The van der Waals surface area contributed by atoms with Gasteiger partial charge in [0.2, 0.25) is 0 Å². The maximum absolute atomic E-state index is 13.3. The van der Waals surface area contributed by atoms with E-state index in [-0.39, 0.29) is 11.2 Å². The molecule has 0 fully saturated rings. The minimum absolute atomic E-state index is 0.192. The van der Waals surface area contributed by atoms with E-state index >= 15 is 0 Å². The molecule has 108 valence electrons. The van der Waals surface area contributed by atoms with E-state index in [0.717, 1.165) is 25.8 Å². The number of hydrogen-bond acceptors (Lipinski definition) is 1. The van der Waals surface area contributed by atoms with E-state index in [1.165, 1.54) is 5.56 Å². The van der Waals surface area contributed by atoms with Crippen molar-refractivity contribution < 1.29 is 4.39 Å². The predicted molar refractivity (Wildman–Crippen MR) is 84.0 cm³/mol. The van der Waals surface area contributed by atoms with Crippen molar-refractivity contribution in [3.05, 3.63) is 34.1 Å². The minimum atomic E-state index is -0.192. The highest BCUT2D eigenvalue weighted by Crippen LogP contribution is 2.31. The average Bonchev–Trinajstić information content (AvgIpc) is 2.39. The number of halogens is 2. The lowest BCUT2D eigenvalue weighted by Gasteiger charge is -2.33. The van der Waals surface area contributed by atoms with Gasteiger partial charge in [0, 0.05) is 12.6 Å². The Bertz CT molecular complexity index is 400. The minimum Gasteiger partial charge on any atom is -0.314 e. The summed E-state index contributed by atoms with van der Waals surface area (Å²) in [6.45, 7) is 9.83. The molecule has 0 aliphatic rings. The smallest absolute Gasteiger partial charge is 0.137 e. The first-order valence-corrected chi connectivity index (χ1v) is 7.89. The Morgan fingerprint density at radius 3 is 2.37 bits per heavy atom. The highest BCUT2D eigenvalue weighted by molar-refractivity contribution is 9.10. The van der Waals surface area contributed by atoms with Crippen LogP contribution in [0.2, 0.25) is 0 Å². The molecular formula is C16H25BrFN. The number of hydrogen-bond donors (Lipinski definition) is 1. The Kier molecular flexibility index (Phi) is 6.48. The van der Waals surface area contributed by atoms with Gasteiger partial charge < -0.3 is 5.32 Å². The van der Waals surface area contributed by atoms with Crippen LogP contribution in [0.25, 0.3) is 0 Å². The van der Waals surface area contributed by atoms with Crippen molar-refractivity contribution in [3.63, 3.8) is 0 Å². The molecule has 0 saturated heterocycles. The molecule has 0 amide bonds. The third-order valence-corrected chi connectivity index (χ3v) is 4.56. The second kappa shape index (κ2) is 7.39. The first-order chi connectivity index (χ1) is 8.92. The fraction of sp³-hybridized carbons (Fsp3) is 0.625. The Labute approximate surface area is 125 Å². The van der Waals surface area contributed by atoms with Crippen molar-refractivity contribution in [1.29, 1.82) is 0 Å². The number of benzene rings is 1. The van der Waals surface area contributed by atoms with Crippen LogP contribution in [0.4, 0.5) is 4.39 Å². The summed E-state index contributed by atoms with van der Waals surface area (Å²) in [7, 11) is 0. The van der Waals surface area contributed by atoms with E-state index in [2.05, 4.69) is 48.9 Å². The zero-order valence-electron chi connectivity index (χ0n) is 12.4. The van der Waals surface area contributed by atoms with Crippen LogP contribution in [-0.2, 0) is 6.42 Å². The van der Waals surface area contributed by atoms with Gasteiger partial charge in [0.15, 0.2) is 0 Å². The van der Waals surface area contributed by atoms with Gasteiger partial charge in [0.1, 0.15) is 5.82 Å². The lowest BCUT2D eigenvalue weighted by molar-refractivity contribution is 0.239. The van der Waals surface area contributed by atoms with Crippen molar-refractivity contribution in [3.8, 4) is 0 Å². The van der Waals surface area contributed by atoms with Crippen molar-refractivity contribution in [2.45, 2.75) is 53.0 Å². The van der Waals surface area contributed by atoms with Crippen LogP contribution in [0, 0.1) is 11.2 Å². The molecular weight excluding hydrogens is 305 g/mol. The molecule has 3 heteroatoms. The van der Waals surface area contributed by atoms with Crippen LogP contribution < -0.4 is 5.32 Å². The van der Waals surface area contributed by atoms with E-state index in [1.807, 2.05) is 12.1 Å². The molecule has 0 aliphatic carbocycles. The van der Waals surface area contributed by atoms with Gasteiger partial charge in [-0.2, -0.15) is 0 Å². The fourth-order valence-corrected chi connectivity index (χ4v) is 2.74. The van der Waals surface area contributed by atoms with Crippen LogP contribution in [-0.4, -0.2) is 12.6 Å². The lowest BCUT2D eigenvalue weighted by atomic mass is 9.76. The van der Waals surface area contributed by atoms with Crippen LogP contribution in [0.15, 0.2) is 22.7 Å². The largest absolute Gasteiger partial charge is 0.314 e.